The van der Waals surface area contributed by atoms with E-state index < -0.39 is 0 Å². The van der Waals surface area contributed by atoms with Gasteiger partial charge in [-0.15, -0.1) is 0 Å². The molecule has 0 atom stereocenters. The van der Waals surface area contributed by atoms with Gasteiger partial charge in [-0.3, -0.25) is 14.2 Å². The second-order valence-corrected chi connectivity index (χ2v) is 7.88. The fraction of sp³-hybridized carbons (Fsp3) is 0.280. The number of hydrogen-bond donors (Lipinski definition) is 1. The molecule has 0 saturated carbocycles. The van der Waals surface area contributed by atoms with Crippen molar-refractivity contribution in [1.29, 1.82) is 0 Å². The van der Waals surface area contributed by atoms with Gasteiger partial charge < -0.3 is 19.5 Å². The first-order valence-corrected chi connectivity index (χ1v) is 11.0. The Morgan fingerprint density at radius 1 is 1.06 bits per heavy atom. The van der Waals surface area contributed by atoms with Crippen LogP contribution in [0.15, 0.2) is 53.7 Å². The number of carbonyl (C=O) groups is 1. The van der Waals surface area contributed by atoms with Gasteiger partial charge in [0.15, 0.2) is 17.1 Å². The van der Waals surface area contributed by atoms with E-state index in [4.69, 9.17) is 14.2 Å². The van der Waals surface area contributed by atoms with Gasteiger partial charge in [0, 0.05) is 12.1 Å². The van der Waals surface area contributed by atoms with Crippen molar-refractivity contribution in [3.05, 3.63) is 76.0 Å². The number of amides is 1. The van der Waals surface area contributed by atoms with Crippen LogP contribution in [0.5, 0.6) is 17.2 Å². The third kappa shape index (κ3) is 4.81. The van der Waals surface area contributed by atoms with Crippen LogP contribution < -0.4 is 25.1 Å². The van der Waals surface area contributed by atoms with Crippen molar-refractivity contribution in [3.63, 3.8) is 0 Å². The predicted molar refractivity (Wildman–Crippen MR) is 131 cm³/mol. The van der Waals surface area contributed by atoms with Crippen LogP contribution in [0.2, 0.25) is 0 Å². The first-order valence-electron chi connectivity index (χ1n) is 11.0. The summed E-state index contributed by atoms with van der Waals surface area (Å²) in [6, 6.07) is 11.1. The Hall–Kier alpha value is -4.34. The topological polar surface area (TPSA) is 110 Å². The number of ether oxygens (including phenoxy) is 3. The zero-order valence-corrected chi connectivity index (χ0v) is 20.1. The maximum atomic E-state index is 13.0. The van der Waals surface area contributed by atoms with Crippen molar-refractivity contribution in [2.75, 3.05) is 27.9 Å². The molecule has 0 fully saturated rings. The third-order valence-electron chi connectivity index (χ3n) is 5.76. The quantitative estimate of drug-likeness (QED) is 0.394. The maximum absolute atomic E-state index is 13.0. The fourth-order valence-electron chi connectivity index (χ4n) is 3.83. The number of hydrogen-bond acceptors (Lipinski definition) is 7. The van der Waals surface area contributed by atoms with E-state index in [0.29, 0.717) is 46.9 Å². The molecule has 0 saturated heterocycles. The monoisotopic (exact) mass is 477 g/mol. The van der Waals surface area contributed by atoms with Crippen LogP contribution in [0.3, 0.4) is 0 Å². The van der Waals surface area contributed by atoms with Gasteiger partial charge in [0.05, 0.1) is 40.6 Å². The van der Waals surface area contributed by atoms with Crippen molar-refractivity contribution in [1.82, 2.24) is 24.6 Å². The number of fused-ring (bicyclic) bond motifs is 1. The zero-order valence-electron chi connectivity index (χ0n) is 20.1. The van der Waals surface area contributed by atoms with E-state index in [-0.39, 0.29) is 18.0 Å². The van der Waals surface area contributed by atoms with Gasteiger partial charge >= 0.3 is 0 Å². The third-order valence-corrected chi connectivity index (χ3v) is 5.76. The molecule has 0 aliphatic heterocycles. The van der Waals surface area contributed by atoms with Crippen molar-refractivity contribution in [2.45, 2.75) is 20.0 Å². The zero-order chi connectivity index (χ0) is 24.9. The molecular formula is C25H27N5O5. The highest BCUT2D eigenvalue weighted by atomic mass is 16.5. The average Bonchev–Trinajstić information content (AvgIpc) is 3.29. The van der Waals surface area contributed by atoms with E-state index in [1.165, 1.54) is 33.9 Å². The molecule has 0 bridgehead atoms. The molecule has 182 valence electrons. The van der Waals surface area contributed by atoms with Crippen molar-refractivity contribution in [3.8, 4) is 17.2 Å². The number of aryl methyl sites for hydroxylation is 1. The van der Waals surface area contributed by atoms with Gasteiger partial charge in [0.1, 0.15) is 11.7 Å². The van der Waals surface area contributed by atoms with Gasteiger partial charge in [-0.1, -0.05) is 24.3 Å². The van der Waals surface area contributed by atoms with Gasteiger partial charge in [-0.25, -0.2) is 9.67 Å². The van der Waals surface area contributed by atoms with Crippen LogP contribution in [0.1, 0.15) is 21.5 Å². The average molecular weight is 478 g/mol. The van der Waals surface area contributed by atoms with Crippen LogP contribution >= 0.6 is 0 Å². The molecule has 0 spiro atoms. The van der Waals surface area contributed by atoms with Crippen molar-refractivity contribution >= 4 is 16.9 Å². The summed E-state index contributed by atoms with van der Waals surface area (Å²) in [7, 11) is 4.48. The smallest absolute Gasteiger partial charge is 0.264 e. The lowest BCUT2D eigenvalue weighted by atomic mass is 10.1. The Balaban J connectivity index is 1.46. The molecule has 35 heavy (non-hydrogen) atoms. The lowest BCUT2D eigenvalue weighted by molar-refractivity contribution is 0.0951. The molecule has 4 aromatic rings. The highest BCUT2D eigenvalue weighted by Gasteiger charge is 2.17. The van der Waals surface area contributed by atoms with E-state index in [9.17, 15) is 9.59 Å². The molecule has 10 heteroatoms. The SMILES string of the molecule is COc1cc(C(=O)NCCn2ncc3c(=O)n(Cc4ccccc4C)cnc32)cc(OC)c1OC. The minimum absolute atomic E-state index is 0.161. The highest BCUT2D eigenvalue weighted by molar-refractivity contribution is 5.95. The molecule has 0 aliphatic carbocycles. The van der Waals surface area contributed by atoms with E-state index in [2.05, 4.69) is 15.4 Å². The molecule has 1 N–H and O–H groups in total. The summed E-state index contributed by atoms with van der Waals surface area (Å²) in [6.45, 7) is 3.06. The molecule has 0 unspecified atom stereocenters. The van der Waals surface area contributed by atoms with Crippen LogP contribution in [0, 0.1) is 6.92 Å². The Morgan fingerprint density at radius 3 is 2.43 bits per heavy atom. The first kappa shape index (κ1) is 23.8. The molecule has 2 heterocycles. The molecule has 2 aromatic heterocycles. The summed E-state index contributed by atoms with van der Waals surface area (Å²) in [5, 5.41) is 7.57. The number of benzene rings is 2. The minimum atomic E-state index is -0.311. The Kier molecular flexibility index (Phi) is 7.00. The second kappa shape index (κ2) is 10.3. The second-order valence-electron chi connectivity index (χ2n) is 7.88. The minimum Gasteiger partial charge on any atom is -0.493 e. The lowest BCUT2D eigenvalue weighted by Crippen LogP contribution is -2.28. The van der Waals surface area contributed by atoms with Crippen LogP contribution in [-0.4, -0.2) is 53.1 Å². The molecule has 10 nitrogen and oxygen atoms in total. The highest BCUT2D eigenvalue weighted by Crippen LogP contribution is 2.38. The van der Waals surface area contributed by atoms with E-state index in [1.54, 1.807) is 21.4 Å². The van der Waals surface area contributed by atoms with Gasteiger partial charge in [-0.2, -0.15) is 5.10 Å². The fourth-order valence-corrected chi connectivity index (χ4v) is 3.83. The number of nitrogens with one attached hydrogen (secondary N) is 1. The first-order chi connectivity index (χ1) is 17.0. The normalized spacial score (nSPS) is 10.9. The largest absolute Gasteiger partial charge is 0.493 e. The summed E-state index contributed by atoms with van der Waals surface area (Å²) in [5.41, 5.74) is 2.83. The molecule has 0 radical (unpaired) electrons. The molecule has 2 aromatic carbocycles. The lowest BCUT2D eigenvalue weighted by Gasteiger charge is -2.14. The van der Waals surface area contributed by atoms with E-state index >= 15 is 0 Å². The number of aromatic nitrogens is 4. The molecule has 0 aliphatic rings. The Bertz CT molecular complexity index is 1400. The molecule has 1 amide bonds. The van der Waals surface area contributed by atoms with Gasteiger partial charge in [0.2, 0.25) is 5.75 Å². The van der Waals surface area contributed by atoms with E-state index in [0.717, 1.165) is 11.1 Å². The molecular weight excluding hydrogens is 450 g/mol. The standard InChI is InChI=1S/C25H27N5O5/c1-16-7-5-6-8-17(16)14-29-15-27-23-19(25(29)32)13-28-30(23)10-9-26-24(31)18-11-20(33-2)22(35-4)21(12-18)34-3/h5-8,11-13,15H,9-10,14H2,1-4H3,(H,26,31). The number of carbonyl (C=O) groups excluding carboxylic acids is 1. The predicted octanol–water partition coefficient (Wildman–Crippen LogP) is 2.41. The molecule has 4 rings (SSSR count). The number of nitrogens with zero attached hydrogens (tertiary/aromatic N) is 4. The maximum Gasteiger partial charge on any atom is 0.264 e. The number of methoxy groups -OCH3 is 3. The number of rotatable bonds is 9. The summed E-state index contributed by atoms with van der Waals surface area (Å²) < 4.78 is 19.1. The van der Waals surface area contributed by atoms with Crippen molar-refractivity contribution < 1.29 is 19.0 Å². The summed E-state index contributed by atoms with van der Waals surface area (Å²) in [5.74, 6) is 0.880. The Morgan fingerprint density at radius 2 is 1.77 bits per heavy atom. The van der Waals surface area contributed by atoms with Crippen molar-refractivity contribution in [2.24, 2.45) is 0 Å². The summed E-state index contributed by atoms with van der Waals surface area (Å²) in [4.78, 5) is 30.1. The van der Waals surface area contributed by atoms with Crippen LogP contribution in [0.25, 0.3) is 11.0 Å². The van der Waals surface area contributed by atoms with E-state index in [1.807, 2.05) is 31.2 Å². The van der Waals surface area contributed by atoms with Crippen LogP contribution in [-0.2, 0) is 13.1 Å². The van der Waals surface area contributed by atoms with Gasteiger partial charge in [-0.05, 0) is 30.2 Å². The Labute approximate surface area is 202 Å². The van der Waals surface area contributed by atoms with Gasteiger partial charge in [0.25, 0.3) is 11.5 Å². The van der Waals surface area contributed by atoms with Crippen LogP contribution in [0.4, 0.5) is 0 Å². The summed E-state index contributed by atoms with van der Waals surface area (Å²) >= 11 is 0. The summed E-state index contributed by atoms with van der Waals surface area (Å²) in [6.07, 6.45) is 3.05.